The van der Waals surface area contributed by atoms with E-state index in [4.69, 9.17) is 0 Å². The molecule has 0 saturated carbocycles. The van der Waals surface area contributed by atoms with Gasteiger partial charge in [0.1, 0.15) is 5.82 Å². The van der Waals surface area contributed by atoms with Crippen LogP contribution in [0.25, 0.3) is 0 Å². The van der Waals surface area contributed by atoms with E-state index in [0.29, 0.717) is 25.1 Å². The smallest absolute Gasteiger partial charge is 0.191 e. The summed E-state index contributed by atoms with van der Waals surface area (Å²) in [6, 6.07) is 6.86. The molecular formula is C17H24FIN4S. The fourth-order valence-corrected chi connectivity index (χ4v) is 2.81. The van der Waals surface area contributed by atoms with Gasteiger partial charge in [-0.1, -0.05) is 18.2 Å². The van der Waals surface area contributed by atoms with Crippen LogP contribution in [-0.4, -0.2) is 30.6 Å². The fourth-order valence-electron chi connectivity index (χ4n) is 2.16. The molecule has 0 aliphatic heterocycles. The van der Waals surface area contributed by atoms with E-state index in [1.54, 1.807) is 17.4 Å². The highest BCUT2D eigenvalue weighted by Gasteiger charge is 2.02. The Kier molecular flexibility index (Phi) is 9.85. The SMILES string of the molecule is CCNC(=NCCc1csc(C)n1)NCCc1ccccc1F.I. The second-order valence-corrected chi connectivity index (χ2v) is 6.20. The van der Waals surface area contributed by atoms with Crippen LogP contribution in [0.2, 0.25) is 0 Å². The first-order valence-corrected chi connectivity index (χ1v) is 8.73. The molecule has 2 aromatic rings. The summed E-state index contributed by atoms with van der Waals surface area (Å²) in [6.45, 7) is 6.14. The normalized spacial score (nSPS) is 11.0. The average Bonchev–Trinajstić information content (AvgIpc) is 2.94. The summed E-state index contributed by atoms with van der Waals surface area (Å²) in [5.41, 5.74) is 1.80. The van der Waals surface area contributed by atoms with Gasteiger partial charge in [0.2, 0.25) is 0 Å². The summed E-state index contributed by atoms with van der Waals surface area (Å²) in [7, 11) is 0. The minimum absolute atomic E-state index is 0. The Balaban J connectivity index is 0.00000288. The maximum absolute atomic E-state index is 13.6. The number of guanidine groups is 1. The van der Waals surface area contributed by atoms with Gasteiger partial charge in [0.05, 0.1) is 10.7 Å². The van der Waals surface area contributed by atoms with Gasteiger partial charge in [0.15, 0.2) is 5.96 Å². The van der Waals surface area contributed by atoms with Gasteiger partial charge < -0.3 is 10.6 Å². The van der Waals surface area contributed by atoms with E-state index in [0.717, 1.165) is 29.6 Å². The molecule has 0 aliphatic rings. The summed E-state index contributed by atoms with van der Waals surface area (Å²) in [5.74, 6) is 0.603. The summed E-state index contributed by atoms with van der Waals surface area (Å²) in [4.78, 5) is 8.97. The molecule has 24 heavy (non-hydrogen) atoms. The van der Waals surface area contributed by atoms with Crippen molar-refractivity contribution in [1.29, 1.82) is 0 Å². The quantitative estimate of drug-likeness (QED) is 0.376. The van der Waals surface area contributed by atoms with Gasteiger partial charge in [-0.05, 0) is 31.9 Å². The van der Waals surface area contributed by atoms with Gasteiger partial charge in [0, 0.05) is 31.4 Å². The number of aryl methyl sites for hydroxylation is 1. The molecule has 132 valence electrons. The Morgan fingerprint density at radius 1 is 1.25 bits per heavy atom. The van der Waals surface area contributed by atoms with Crippen molar-refractivity contribution in [2.24, 2.45) is 4.99 Å². The molecule has 2 N–H and O–H groups in total. The van der Waals surface area contributed by atoms with E-state index >= 15 is 0 Å². The van der Waals surface area contributed by atoms with Crippen LogP contribution in [0.3, 0.4) is 0 Å². The van der Waals surface area contributed by atoms with Gasteiger partial charge in [-0.15, -0.1) is 35.3 Å². The Morgan fingerprint density at radius 3 is 2.71 bits per heavy atom. The lowest BCUT2D eigenvalue weighted by molar-refractivity contribution is 0.606. The van der Waals surface area contributed by atoms with E-state index in [-0.39, 0.29) is 29.8 Å². The lowest BCUT2D eigenvalue weighted by Gasteiger charge is -2.11. The van der Waals surface area contributed by atoms with Crippen molar-refractivity contribution in [1.82, 2.24) is 15.6 Å². The third-order valence-corrected chi connectivity index (χ3v) is 4.12. The molecule has 1 heterocycles. The summed E-state index contributed by atoms with van der Waals surface area (Å²) >= 11 is 1.66. The number of hydrogen-bond acceptors (Lipinski definition) is 3. The Hall–Kier alpha value is -1.22. The second kappa shape index (κ2) is 11.4. The van der Waals surface area contributed by atoms with Gasteiger partial charge >= 0.3 is 0 Å². The molecule has 0 fully saturated rings. The van der Waals surface area contributed by atoms with E-state index in [2.05, 4.69) is 26.0 Å². The summed E-state index contributed by atoms with van der Waals surface area (Å²) in [5, 5.41) is 9.60. The number of rotatable bonds is 7. The first-order valence-electron chi connectivity index (χ1n) is 7.85. The zero-order chi connectivity index (χ0) is 16.5. The molecule has 7 heteroatoms. The van der Waals surface area contributed by atoms with Crippen molar-refractivity contribution < 1.29 is 4.39 Å². The number of benzene rings is 1. The van der Waals surface area contributed by atoms with Crippen LogP contribution in [0.5, 0.6) is 0 Å². The van der Waals surface area contributed by atoms with Crippen LogP contribution in [0.4, 0.5) is 4.39 Å². The highest BCUT2D eigenvalue weighted by Crippen LogP contribution is 2.08. The van der Waals surface area contributed by atoms with E-state index in [1.165, 1.54) is 6.07 Å². The molecule has 0 aliphatic carbocycles. The van der Waals surface area contributed by atoms with Crippen LogP contribution in [0, 0.1) is 12.7 Å². The monoisotopic (exact) mass is 462 g/mol. The first-order chi connectivity index (χ1) is 11.2. The number of nitrogens with zero attached hydrogens (tertiary/aromatic N) is 2. The van der Waals surface area contributed by atoms with E-state index in [9.17, 15) is 4.39 Å². The van der Waals surface area contributed by atoms with Crippen molar-refractivity contribution in [3.05, 3.63) is 51.7 Å². The largest absolute Gasteiger partial charge is 0.357 e. The predicted molar refractivity (Wildman–Crippen MR) is 110 cm³/mol. The molecule has 1 aromatic heterocycles. The molecule has 2 rings (SSSR count). The number of nitrogens with one attached hydrogen (secondary N) is 2. The van der Waals surface area contributed by atoms with Gasteiger partial charge in [-0.3, -0.25) is 4.99 Å². The molecule has 0 amide bonds. The molecule has 0 saturated heterocycles. The van der Waals surface area contributed by atoms with Crippen LogP contribution in [-0.2, 0) is 12.8 Å². The van der Waals surface area contributed by atoms with Crippen molar-refractivity contribution in [2.45, 2.75) is 26.7 Å². The van der Waals surface area contributed by atoms with Gasteiger partial charge in [-0.25, -0.2) is 9.37 Å². The summed E-state index contributed by atoms with van der Waals surface area (Å²) < 4.78 is 13.6. The predicted octanol–water partition coefficient (Wildman–Crippen LogP) is 3.55. The Bertz CT molecular complexity index is 645. The second-order valence-electron chi connectivity index (χ2n) is 5.14. The number of hydrogen-bond donors (Lipinski definition) is 2. The molecule has 4 nitrogen and oxygen atoms in total. The minimum Gasteiger partial charge on any atom is -0.357 e. The third kappa shape index (κ3) is 7.12. The van der Waals surface area contributed by atoms with Crippen LogP contribution < -0.4 is 10.6 Å². The fraction of sp³-hybridized carbons (Fsp3) is 0.412. The van der Waals surface area contributed by atoms with Crippen molar-refractivity contribution >= 4 is 41.3 Å². The highest BCUT2D eigenvalue weighted by atomic mass is 127. The molecular weight excluding hydrogens is 438 g/mol. The Morgan fingerprint density at radius 2 is 2.04 bits per heavy atom. The summed E-state index contributed by atoms with van der Waals surface area (Å²) in [6.07, 6.45) is 1.45. The Labute approximate surface area is 164 Å². The van der Waals surface area contributed by atoms with Crippen LogP contribution in [0.1, 0.15) is 23.2 Å². The van der Waals surface area contributed by atoms with Crippen molar-refractivity contribution in [2.75, 3.05) is 19.6 Å². The van der Waals surface area contributed by atoms with Crippen molar-refractivity contribution in [3.8, 4) is 0 Å². The highest BCUT2D eigenvalue weighted by molar-refractivity contribution is 14.0. The molecule has 0 bridgehead atoms. The number of aliphatic imine (C=N–C) groups is 1. The van der Waals surface area contributed by atoms with Crippen molar-refractivity contribution in [3.63, 3.8) is 0 Å². The lowest BCUT2D eigenvalue weighted by atomic mass is 10.1. The molecule has 1 aromatic carbocycles. The lowest BCUT2D eigenvalue weighted by Crippen LogP contribution is -2.38. The first kappa shape index (κ1) is 20.8. The maximum atomic E-state index is 13.6. The number of halogens is 2. The third-order valence-electron chi connectivity index (χ3n) is 3.29. The number of thiazole rings is 1. The van der Waals surface area contributed by atoms with Crippen LogP contribution >= 0.6 is 35.3 Å². The molecule has 0 radical (unpaired) electrons. The minimum atomic E-state index is -0.157. The zero-order valence-electron chi connectivity index (χ0n) is 14.0. The average molecular weight is 462 g/mol. The van der Waals surface area contributed by atoms with Crippen LogP contribution in [0.15, 0.2) is 34.6 Å². The van der Waals surface area contributed by atoms with E-state index in [1.807, 2.05) is 26.0 Å². The molecule has 0 atom stereocenters. The standard InChI is InChI=1S/C17H23FN4S.HI/c1-3-19-17(21-11-9-15-12-23-13(2)22-15)20-10-8-14-6-4-5-7-16(14)18;/h4-7,12H,3,8-11H2,1-2H3,(H2,19,20,21);1H. The van der Waals surface area contributed by atoms with Gasteiger partial charge in [-0.2, -0.15) is 0 Å². The molecule has 0 unspecified atom stereocenters. The molecule has 0 spiro atoms. The maximum Gasteiger partial charge on any atom is 0.191 e. The zero-order valence-corrected chi connectivity index (χ0v) is 17.2. The topological polar surface area (TPSA) is 49.3 Å². The van der Waals surface area contributed by atoms with E-state index < -0.39 is 0 Å². The van der Waals surface area contributed by atoms with Gasteiger partial charge in [0.25, 0.3) is 0 Å². The number of aromatic nitrogens is 1.